The predicted molar refractivity (Wildman–Crippen MR) is 102 cm³/mol. The van der Waals surface area contributed by atoms with Crippen LogP contribution in [0, 0.1) is 17.2 Å². The summed E-state index contributed by atoms with van der Waals surface area (Å²) in [7, 11) is 0. The highest BCUT2D eigenvalue weighted by atomic mass is 35.5. The monoisotopic (exact) mass is 443 g/mol. The molecule has 0 unspecified atom stereocenters. The van der Waals surface area contributed by atoms with E-state index in [2.05, 4.69) is 15.3 Å². The Kier molecular flexibility index (Phi) is 6.15. The molecule has 1 fully saturated rings. The second-order valence-corrected chi connectivity index (χ2v) is 7.24. The third-order valence-corrected chi connectivity index (χ3v) is 5.05. The number of nitrogens with one attached hydrogen (secondary N) is 1. The Labute approximate surface area is 174 Å². The number of carbonyl (C=O) groups excluding carboxylic acids is 1. The summed E-state index contributed by atoms with van der Waals surface area (Å²) in [6.07, 6.45) is -1.54. The number of hydrogen-bond acceptors (Lipinski definition) is 5. The zero-order chi connectivity index (χ0) is 21.2. The Hall–Kier alpha value is -2.57. The van der Waals surface area contributed by atoms with Gasteiger partial charge >= 0.3 is 6.18 Å². The van der Waals surface area contributed by atoms with Crippen LogP contribution in [0.3, 0.4) is 0 Å². The Morgan fingerprint density at radius 3 is 2.48 bits per heavy atom. The summed E-state index contributed by atoms with van der Waals surface area (Å²) in [5.74, 6) is -0.342. The molecule has 1 aliphatic rings. The van der Waals surface area contributed by atoms with Gasteiger partial charge in [-0.15, -0.1) is 0 Å². The molecule has 0 atom stereocenters. The van der Waals surface area contributed by atoms with Gasteiger partial charge in [-0.3, -0.25) is 4.79 Å². The third kappa shape index (κ3) is 4.89. The summed E-state index contributed by atoms with van der Waals surface area (Å²) in [4.78, 5) is 22.0. The molecule has 0 saturated carbocycles. The zero-order valence-electron chi connectivity index (χ0n) is 14.8. The first-order valence-corrected chi connectivity index (χ1v) is 9.29. The maximum atomic E-state index is 12.7. The molecule has 1 amide bonds. The number of carbonyl (C=O) groups is 1. The summed E-state index contributed by atoms with van der Waals surface area (Å²) in [6, 6.07) is 4.15. The highest BCUT2D eigenvalue weighted by Gasteiger charge is 2.33. The molecule has 0 aliphatic carbocycles. The molecule has 0 radical (unpaired) electrons. The molecule has 0 aromatic carbocycles. The highest BCUT2D eigenvalue weighted by molar-refractivity contribution is 6.33. The molecule has 29 heavy (non-hydrogen) atoms. The van der Waals surface area contributed by atoms with Gasteiger partial charge in [-0.1, -0.05) is 23.2 Å². The number of rotatable bonds is 3. The van der Waals surface area contributed by atoms with Crippen LogP contribution in [0.4, 0.5) is 24.7 Å². The van der Waals surface area contributed by atoms with Gasteiger partial charge in [0.05, 0.1) is 28.0 Å². The zero-order valence-corrected chi connectivity index (χ0v) is 16.3. The van der Waals surface area contributed by atoms with Crippen LogP contribution in [0.25, 0.3) is 0 Å². The molecule has 0 spiro atoms. The van der Waals surface area contributed by atoms with E-state index in [4.69, 9.17) is 28.5 Å². The van der Waals surface area contributed by atoms with Gasteiger partial charge < -0.3 is 10.2 Å². The van der Waals surface area contributed by atoms with E-state index >= 15 is 0 Å². The molecular weight excluding hydrogens is 430 g/mol. The van der Waals surface area contributed by atoms with Crippen molar-refractivity contribution in [2.45, 2.75) is 19.0 Å². The Bertz CT molecular complexity index is 969. The van der Waals surface area contributed by atoms with Crippen LogP contribution in [0.2, 0.25) is 10.2 Å². The van der Waals surface area contributed by atoms with Gasteiger partial charge in [0.15, 0.2) is 0 Å². The number of nitrogens with zero attached hydrogens (tertiary/aromatic N) is 4. The van der Waals surface area contributed by atoms with E-state index in [9.17, 15) is 18.0 Å². The number of amides is 1. The van der Waals surface area contributed by atoms with Crippen molar-refractivity contribution in [3.8, 4) is 6.07 Å². The highest BCUT2D eigenvalue weighted by Crippen LogP contribution is 2.34. The molecule has 0 bridgehead atoms. The fraction of sp³-hybridized carbons (Fsp3) is 0.333. The number of hydrogen-bond donors (Lipinski definition) is 1. The lowest BCUT2D eigenvalue weighted by Crippen LogP contribution is -2.38. The lowest BCUT2D eigenvalue weighted by atomic mass is 9.95. The summed E-state index contributed by atoms with van der Waals surface area (Å²) < 4.78 is 38.2. The van der Waals surface area contributed by atoms with Crippen LogP contribution in [0.1, 0.15) is 24.0 Å². The van der Waals surface area contributed by atoms with E-state index < -0.39 is 11.7 Å². The molecule has 2 aromatic heterocycles. The first kappa shape index (κ1) is 21.1. The van der Waals surface area contributed by atoms with Gasteiger partial charge in [0.25, 0.3) is 0 Å². The minimum Gasteiger partial charge on any atom is -0.355 e. The second-order valence-electron chi connectivity index (χ2n) is 6.44. The minimum atomic E-state index is -4.51. The SMILES string of the molecule is N#Cc1cc(Cl)ncc1NC(=O)C1CCN(c2ncc(C(F)(F)F)cc2Cl)CC1. The van der Waals surface area contributed by atoms with E-state index in [1.54, 1.807) is 4.90 Å². The average Bonchev–Trinajstić information content (AvgIpc) is 2.68. The van der Waals surface area contributed by atoms with Crippen LogP contribution < -0.4 is 10.2 Å². The molecule has 11 heteroatoms. The quantitative estimate of drug-likeness (QED) is 0.704. The standard InChI is InChI=1S/C18H14Cl2F3N5O/c19-13-6-12(18(21,22)23)8-26-16(13)28-3-1-10(2-4-28)17(29)27-14-9-25-15(20)5-11(14)7-24/h5-6,8-10H,1-4H2,(H,27,29). The van der Waals surface area contributed by atoms with Crippen molar-refractivity contribution >= 4 is 40.6 Å². The number of aromatic nitrogens is 2. The van der Waals surface area contributed by atoms with Gasteiger partial charge in [-0.25, -0.2) is 9.97 Å². The number of alkyl halides is 3. The lowest BCUT2D eigenvalue weighted by Gasteiger charge is -2.32. The molecule has 152 valence electrons. The summed E-state index contributed by atoms with van der Waals surface area (Å²) in [5, 5.41) is 11.9. The Balaban J connectivity index is 1.64. The van der Waals surface area contributed by atoms with Crippen molar-refractivity contribution in [1.29, 1.82) is 5.26 Å². The molecule has 2 aromatic rings. The number of piperidine rings is 1. The lowest BCUT2D eigenvalue weighted by molar-refractivity contribution is -0.137. The molecule has 6 nitrogen and oxygen atoms in total. The van der Waals surface area contributed by atoms with E-state index in [1.807, 2.05) is 6.07 Å². The maximum absolute atomic E-state index is 12.7. The van der Waals surface area contributed by atoms with Crippen LogP contribution in [0.5, 0.6) is 0 Å². The topological polar surface area (TPSA) is 81.9 Å². The molecule has 3 rings (SSSR count). The predicted octanol–water partition coefficient (Wildman–Crippen LogP) is 4.53. The summed E-state index contributed by atoms with van der Waals surface area (Å²) in [5.41, 5.74) is -0.432. The number of pyridine rings is 2. The number of anilines is 2. The summed E-state index contributed by atoms with van der Waals surface area (Å²) >= 11 is 11.7. The molecule has 3 heterocycles. The van der Waals surface area contributed by atoms with Crippen LogP contribution >= 0.6 is 23.2 Å². The molecule has 1 N–H and O–H groups in total. The normalized spacial score (nSPS) is 15.1. The van der Waals surface area contributed by atoms with E-state index in [0.29, 0.717) is 25.9 Å². The first-order chi connectivity index (χ1) is 13.7. The maximum Gasteiger partial charge on any atom is 0.417 e. The minimum absolute atomic E-state index is 0.0892. The first-order valence-electron chi connectivity index (χ1n) is 8.53. The van der Waals surface area contributed by atoms with Gasteiger partial charge in [0.1, 0.15) is 17.0 Å². The van der Waals surface area contributed by atoms with Gasteiger partial charge in [0, 0.05) is 25.2 Å². The van der Waals surface area contributed by atoms with Gasteiger partial charge in [-0.05, 0) is 25.0 Å². The molecule has 1 aliphatic heterocycles. The molecular formula is C18H14Cl2F3N5O. The van der Waals surface area contributed by atoms with Crippen LogP contribution in [0.15, 0.2) is 24.5 Å². The van der Waals surface area contributed by atoms with Crippen LogP contribution in [-0.4, -0.2) is 29.0 Å². The van der Waals surface area contributed by atoms with Crippen molar-refractivity contribution in [2.75, 3.05) is 23.3 Å². The smallest absolute Gasteiger partial charge is 0.355 e. The van der Waals surface area contributed by atoms with Crippen molar-refractivity contribution < 1.29 is 18.0 Å². The average molecular weight is 444 g/mol. The van der Waals surface area contributed by atoms with Crippen molar-refractivity contribution in [3.63, 3.8) is 0 Å². The fourth-order valence-electron chi connectivity index (χ4n) is 3.03. The van der Waals surface area contributed by atoms with Crippen molar-refractivity contribution in [2.24, 2.45) is 5.92 Å². The van der Waals surface area contributed by atoms with Gasteiger partial charge in [-0.2, -0.15) is 18.4 Å². The third-order valence-electron chi connectivity index (χ3n) is 4.56. The second kappa shape index (κ2) is 8.43. The Morgan fingerprint density at radius 1 is 1.21 bits per heavy atom. The van der Waals surface area contributed by atoms with E-state index in [-0.39, 0.29) is 39.1 Å². The Morgan fingerprint density at radius 2 is 1.90 bits per heavy atom. The number of halogens is 5. The van der Waals surface area contributed by atoms with E-state index in [0.717, 1.165) is 12.3 Å². The largest absolute Gasteiger partial charge is 0.417 e. The van der Waals surface area contributed by atoms with Crippen molar-refractivity contribution in [3.05, 3.63) is 45.8 Å². The molecule has 1 saturated heterocycles. The van der Waals surface area contributed by atoms with E-state index in [1.165, 1.54) is 12.3 Å². The fourth-order valence-corrected chi connectivity index (χ4v) is 3.47. The number of nitriles is 1. The van der Waals surface area contributed by atoms with Crippen LogP contribution in [-0.2, 0) is 11.0 Å². The van der Waals surface area contributed by atoms with Crippen molar-refractivity contribution in [1.82, 2.24) is 9.97 Å². The summed E-state index contributed by atoms with van der Waals surface area (Å²) in [6.45, 7) is 0.806. The van der Waals surface area contributed by atoms with Gasteiger partial charge in [0.2, 0.25) is 5.91 Å².